The van der Waals surface area contributed by atoms with Gasteiger partial charge in [-0.2, -0.15) is 0 Å². The van der Waals surface area contributed by atoms with Crippen molar-refractivity contribution < 1.29 is 4.79 Å². The molecular weight excluding hydrogens is 348 g/mol. The fraction of sp³-hybridized carbons (Fsp3) is 0.391. The molecule has 1 amide bonds. The number of carbonyl (C=O) groups is 1. The Morgan fingerprint density at radius 3 is 2.54 bits per heavy atom. The number of carbonyl (C=O) groups excluding carboxylic acids is 1. The lowest BCUT2D eigenvalue weighted by molar-refractivity contribution is -0.116. The molecule has 5 nitrogen and oxygen atoms in total. The molecule has 1 heterocycles. The summed E-state index contributed by atoms with van der Waals surface area (Å²) in [7, 11) is 0. The standard InChI is InChI=1S/C23H28N4O/c1-4-26(16(2)3)19-13-11-18(12-14-19)24-22(28)15-27-21-8-6-5-7-20(21)25-23(27)17-9-10-17/h5-8,11-14,16-17H,4,9-10,15H2,1-3H3,(H,24,28). The molecule has 146 valence electrons. The summed E-state index contributed by atoms with van der Waals surface area (Å²) in [6.07, 6.45) is 2.33. The summed E-state index contributed by atoms with van der Waals surface area (Å²) < 4.78 is 2.08. The molecule has 28 heavy (non-hydrogen) atoms. The van der Waals surface area contributed by atoms with Crippen LogP contribution in [0.5, 0.6) is 0 Å². The fourth-order valence-corrected chi connectivity index (χ4v) is 3.84. The maximum absolute atomic E-state index is 12.7. The molecule has 2 aromatic carbocycles. The van der Waals surface area contributed by atoms with Crippen LogP contribution in [-0.4, -0.2) is 28.0 Å². The molecule has 0 radical (unpaired) electrons. The zero-order valence-corrected chi connectivity index (χ0v) is 16.9. The molecule has 3 aromatic rings. The molecule has 4 rings (SSSR count). The number of imidazole rings is 1. The number of anilines is 2. The van der Waals surface area contributed by atoms with Crippen molar-refractivity contribution in [3.05, 3.63) is 54.4 Å². The van der Waals surface area contributed by atoms with Crippen LogP contribution >= 0.6 is 0 Å². The van der Waals surface area contributed by atoms with Gasteiger partial charge >= 0.3 is 0 Å². The second kappa shape index (κ2) is 7.66. The van der Waals surface area contributed by atoms with E-state index >= 15 is 0 Å². The van der Waals surface area contributed by atoms with Crippen molar-refractivity contribution in [1.82, 2.24) is 9.55 Å². The molecule has 0 bridgehead atoms. The Morgan fingerprint density at radius 1 is 1.18 bits per heavy atom. The molecule has 5 heteroatoms. The van der Waals surface area contributed by atoms with E-state index in [2.05, 4.69) is 47.7 Å². The van der Waals surface area contributed by atoms with Crippen LogP contribution in [0.4, 0.5) is 11.4 Å². The Labute approximate surface area is 166 Å². The molecule has 0 spiro atoms. The van der Waals surface area contributed by atoms with Gasteiger partial charge in [-0.05, 0) is 70.0 Å². The van der Waals surface area contributed by atoms with Crippen LogP contribution in [0.3, 0.4) is 0 Å². The van der Waals surface area contributed by atoms with Gasteiger partial charge in [0, 0.05) is 29.9 Å². The topological polar surface area (TPSA) is 50.2 Å². The van der Waals surface area contributed by atoms with Gasteiger partial charge in [0.05, 0.1) is 11.0 Å². The quantitative estimate of drug-likeness (QED) is 0.645. The van der Waals surface area contributed by atoms with Gasteiger partial charge in [-0.3, -0.25) is 4.79 Å². The van der Waals surface area contributed by atoms with E-state index in [1.165, 1.54) is 5.69 Å². The van der Waals surface area contributed by atoms with Crippen molar-refractivity contribution in [1.29, 1.82) is 0 Å². The number of hydrogen-bond donors (Lipinski definition) is 1. The summed E-state index contributed by atoms with van der Waals surface area (Å²) in [6.45, 7) is 7.78. The highest BCUT2D eigenvalue weighted by Crippen LogP contribution is 2.40. The maximum Gasteiger partial charge on any atom is 0.244 e. The van der Waals surface area contributed by atoms with Gasteiger partial charge in [0.25, 0.3) is 0 Å². The Hall–Kier alpha value is -2.82. The summed E-state index contributed by atoms with van der Waals surface area (Å²) in [5.74, 6) is 1.52. The zero-order valence-electron chi connectivity index (χ0n) is 16.9. The minimum atomic E-state index is -0.0194. The van der Waals surface area contributed by atoms with Crippen molar-refractivity contribution >= 4 is 28.3 Å². The van der Waals surface area contributed by atoms with Crippen LogP contribution in [0.25, 0.3) is 11.0 Å². The third kappa shape index (κ3) is 3.75. The van der Waals surface area contributed by atoms with E-state index in [-0.39, 0.29) is 5.91 Å². The highest BCUT2D eigenvalue weighted by atomic mass is 16.1. The first-order valence-corrected chi connectivity index (χ1v) is 10.2. The molecule has 0 saturated heterocycles. The van der Waals surface area contributed by atoms with E-state index in [9.17, 15) is 4.79 Å². The number of para-hydroxylation sites is 2. The second-order valence-corrected chi connectivity index (χ2v) is 7.79. The maximum atomic E-state index is 12.7. The average molecular weight is 377 g/mol. The van der Waals surface area contributed by atoms with Gasteiger partial charge in [-0.15, -0.1) is 0 Å². The predicted molar refractivity (Wildman–Crippen MR) is 115 cm³/mol. The summed E-state index contributed by atoms with van der Waals surface area (Å²) in [4.78, 5) is 19.8. The minimum absolute atomic E-state index is 0.0194. The third-order valence-corrected chi connectivity index (χ3v) is 5.38. The molecule has 1 aliphatic rings. The van der Waals surface area contributed by atoms with Crippen LogP contribution in [-0.2, 0) is 11.3 Å². The largest absolute Gasteiger partial charge is 0.369 e. The van der Waals surface area contributed by atoms with E-state index in [0.717, 1.165) is 41.9 Å². The molecule has 1 saturated carbocycles. The van der Waals surface area contributed by atoms with Crippen LogP contribution in [0.1, 0.15) is 45.4 Å². The van der Waals surface area contributed by atoms with Gasteiger partial charge in [0.1, 0.15) is 12.4 Å². The van der Waals surface area contributed by atoms with E-state index in [1.807, 2.05) is 36.4 Å². The normalized spacial score (nSPS) is 13.9. The molecule has 0 atom stereocenters. The van der Waals surface area contributed by atoms with Gasteiger partial charge in [0.2, 0.25) is 5.91 Å². The highest BCUT2D eigenvalue weighted by Gasteiger charge is 2.30. The predicted octanol–water partition coefficient (Wildman–Crippen LogP) is 4.79. The van der Waals surface area contributed by atoms with Gasteiger partial charge < -0.3 is 14.8 Å². The smallest absolute Gasteiger partial charge is 0.244 e. The lowest BCUT2D eigenvalue weighted by Gasteiger charge is -2.27. The summed E-state index contributed by atoms with van der Waals surface area (Å²) in [5.41, 5.74) is 4.00. The number of nitrogens with zero attached hydrogens (tertiary/aromatic N) is 3. The first-order valence-electron chi connectivity index (χ1n) is 10.2. The van der Waals surface area contributed by atoms with Crippen molar-refractivity contribution in [2.24, 2.45) is 0 Å². The number of nitrogens with one attached hydrogen (secondary N) is 1. The molecule has 0 unspecified atom stereocenters. The van der Waals surface area contributed by atoms with Crippen LogP contribution in [0.2, 0.25) is 0 Å². The van der Waals surface area contributed by atoms with Crippen LogP contribution in [0, 0.1) is 0 Å². The Morgan fingerprint density at radius 2 is 1.89 bits per heavy atom. The molecule has 1 aliphatic carbocycles. The number of aromatic nitrogens is 2. The minimum Gasteiger partial charge on any atom is -0.369 e. The lowest BCUT2D eigenvalue weighted by Crippen LogP contribution is -2.30. The SMILES string of the molecule is CCN(c1ccc(NC(=O)Cn2c(C3CC3)nc3ccccc32)cc1)C(C)C. The first kappa shape index (κ1) is 18.5. The second-order valence-electron chi connectivity index (χ2n) is 7.79. The lowest BCUT2D eigenvalue weighted by atomic mass is 10.2. The Bertz CT molecular complexity index is 970. The molecule has 1 aromatic heterocycles. The van der Waals surface area contributed by atoms with E-state index in [1.54, 1.807) is 0 Å². The molecule has 1 fully saturated rings. The van der Waals surface area contributed by atoms with E-state index in [4.69, 9.17) is 4.98 Å². The Kier molecular flexibility index (Phi) is 5.07. The van der Waals surface area contributed by atoms with Gasteiger partial charge in [0.15, 0.2) is 0 Å². The van der Waals surface area contributed by atoms with Gasteiger partial charge in [-0.25, -0.2) is 4.98 Å². The van der Waals surface area contributed by atoms with Crippen LogP contribution in [0.15, 0.2) is 48.5 Å². The average Bonchev–Trinajstić information content (AvgIpc) is 3.46. The molecule has 0 aliphatic heterocycles. The van der Waals surface area contributed by atoms with Crippen molar-refractivity contribution in [2.45, 2.75) is 52.1 Å². The van der Waals surface area contributed by atoms with E-state index < -0.39 is 0 Å². The first-order chi connectivity index (χ1) is 13.6. The number of amides is 1. The summed E-state index contributed by atoms with van der Waals surface area (Å²) >= 11 is 0. The Balaban J connectivity index is 1.49. The fourth-order valence-electron chi connectivity index (χ4n) is 3.84. The highest BCUT2D eigenvalue weighted by molar-refractivity contribution is 5.92. The number of rotatable bonds is 7. The van der Waals surface area contributed by atoms with Crippen LogP contribution < -0.4 is 10.2 Å². The zero-order chi connectivity index (χ0) is 19.7. The van der Waals surface area contributed by atoms with Crippen molar-refractivity contribution in [2.75, 3.05) is 16.8 Å². The number of fused-ring (bicyclic) bond motifs is 1. The van der Waals surface area contributed by atoms with Crippen molar-refractivity contribution in [3.63, 3.8) is 0 Å². The van der Waals surface area contributed by atoms with Gasteiger partial charge in [-0.1, -0.05) is 12.1 Å². The molecular formula is C23H28N4O. The number of hydrogen-bond acceptors (Lipinski definition) is 3. The van der Waals surface area contributed by atoms with Crippen molar-refractivity contribution in [3.8, 4) is 0 Å². The summed E-state index contributed by atoms with van der Waals surface area (Å²) in [5, 5.41) is 3.04. The molecule has 1 N–H and O–H groups in total. The third-order valence-electron chi connectivity index (χ3n) is 5.38. The summed E-state index contributed by atoms with van der Waals surface area (Å²) in [6, 6.07) is 16.6. The number of benzene rings is 2. The monoisotopic (exact) mass is 376 g/mol. The van der Waals surface area contributed by atoms with E-state index in [0.29, 0.717) is 18.5 Å².